The standard InChI is InChI=1S/C35H40N2O10/c1-3-34(41-2)37-28-17-23(5-11-29(28)45-21-33(37)38)20-44-32-19-36(35(39)40)14-13-27(32)24-6-8-25(9-7-24)42-15-4-16-43-26-10-12-30-31(18-26)47-22-46-30/h5-12,17-18,27,32,34H,3-4,13-16,19-22H2,1-2H3,(H,39,40). The molecule has 3 atom stereocenters. The van der Waals surface area contributed by atoms with E-state index in [9.17, 15) is 14.7 Å². The van der Waals surface area contributed by atoms with E-state index in [1.807, 2.05) is 67.6 Å². The molecule has 0 aliphatic carbocycles. The van der Waals surface area contributed by atoms with E-state index in [4.69, 9.17) is 33.2 Å². The first-order chi connectivity index (χ1) is 22.9. The van der Waals surface area contributed by atoms with E-state index in [0.29, 0.717) is 56.2 Å². The minimum atomic E-state index is -0.964. The van der Waals surface area contributed by atoms with Gasteiger partial charge in [0.1, 0.15) is 23.5 Å². The van der Waals surface area contributed by atoms with Crippen molar-refractivity contribution in [2.45, 2.75) is 51.0 Å². The topological polar surface area (TPSA) is 125 Å². The summed E-state index contributed by atoms with van der Waals surface area (Å²) in [6, 6.07) is 19.0. The van der Waals surface area contributed by atoms with E-state index >= 15 is 0 Å². The fraction of sp³-hybridized carbons (Fsp3) is 0.429. The summed E-state index contributed by atoms with van der Waals surface area (Å²) in [5.41, 5.74) is 2.54. The molecule has 3 aliphatic rings. The van der Waals surface area contributed by atoms with E-state index in [2.05, 4.69) is 0 Å². The van der Waals surface area contributed by atoms with Crippen molar-refractivity contribution in [2.24, 2.45) is 0 Å². The third kappa shape index (κ3) is 7.50. The van der Waals surface area contributed by atoms with Crippen molar-refractivity contribution in [2.75, 3.05) is 51.7 Å². The number of ether oxygens (including phenoxy) is 7. The Hall–Kier alpha value is -4.68. The van der Waals surface area contributed by atoms with Gasteiger partial charge in [-0.05, 0) is 60.4 Å². The number of methoxy groups -OCH3 is 1. The minimum absolute atomic E-state index is 0.00764. The van der Waals surface area contributed by atoms with Crippen molar-refractivity contribution in [1.82, 2.24) is 4.90 Å². The molecular weight excluding hydrogens is 608 g/mol. The molecule has 1 fully saturated rings. The molecule has 12 heteroatoms. The third-order valence-corrected chi connectivity index (χ3v) is 8.58. The predicted molar refractivity (Wildman–Crippen MR) is 171 cm³/mol. The average molecular weight is 649 g/mol. The Morgan fingerprint density at radius 3 is 2.47 bits per heavy atom. The highest BCUT2D eigenvalue weighted by molar-refractivity contribution is 5.98. The zero-order valence-electron chi connectivity index (χ0n) is 26.6. The molecule has 1 saturated heterocycles. The molecule has 0 spiro atoms. The van der Waals surface area contributed by atoms with Gasteiger partial charge in [-0.25, -0.2) is 4.79 Å². The highest BCUT2D eigenvalue weighted by Gasteiger charge is 2.34. The summed E-state index contributed by atoms with van der Waals surface area (Å²) in [7, 11) is 1.58. The summed E-state index contributed by atoms with van der Waals surface area (Å²) in [4.78, 5) is 27.6. The maximum atomic E-state index is 12.7. The predicted octanol–water partition coefficient (Wildman–Crippen LogP) is 5.42. The number of carbonyl (C=O) groups excluding carboxylic acids is 1. The molecule has 12 nitrogen and oxygen atoms in total. The van der Waals surface area contributed by atoms with Crippen LogP contribution < -0.4 is 28.6 Å². The number of amides is 2. The van der Waals surface area contributed by atoms with Crippen LogP contribution in [0.1, 0.15) is 43.2 Å². The second kappa shape index (κ2) is 14.8. The van der Waals surface area contributed by atoms with Gasteiger partial charge < -0.3 is 43.2 Å². The van der Waals surface area contributed by atoms with Crippen LogP contribution in [-0.2, 0) is 20.9 Å². The number of likely N-dealkylation sites (tertiary alicyclic amines) is 1. The first-order valence-electron chi connectivity index (χ1n) is 15.9. The Morgan fingerprint density at radius 2 is 1.70 bits per heavy atom. The molecule has 47 heavy (non-hydrogen) atoms. The number of hydrogen-bond acceptors (Lipinski definition) is 9. The zero-order chi connectivity index (χ0) is 32.8. The number of anilines is 1. The number of benzene rings is 3. The monoisotopic (exact) mass is 648 g/mol. The normalized spacial score (nSPS) is 19.1. The van der Waals surface area contributed by atoms with Crippen LogP contribution in [0.5, 0.6) is 28.7 Å². The van der Waals surface area contributed by atoms with Crippen LogP contribution in [0.15, 0.2) is 60.7 Å². The number of carboxylic acid groups (broad SMARTS) is 1. The van der Waals surface area contributed by atoms with Crippen molar-refractivity contribution < 1.29 is 47.9 Å². The summed E-state index contributed by atoms with van der Waals surface area (Å²) < 4.78 is 40.1. The highest BCUT2D eigenvalue weighted by atomic mass is 16.7. The molecule has 2 amide bonds. The summed E-state index contributed by atoms with van der Waals surface area (Å²) in [5.74, 6) is 3.30. The van der Waals surface area contributed by atoms with Gasteiger partial charge in [-0.2, -0.15) is 0 Å². The van der Waals surface area contributed by atoms with Crippen molar-refractivity contribution in [3.8, 4) is 28.7 Å². The van der Waals surface area contributed by atoms with E-state index in [1.165, 1.54) is 4.90 Å². The fourth-order valence-electron chi connectivity index (χ4n) is 6.14. The molecular formula is C35H40N2O10. The zero-order valence-corrected chi connectivity index (χ0v) is 26.6. The third-order valence-electron chi connectivity index (χ3n) is 8.58. The Kier molecular flexibility index (Phi) is 10.2. The van der Waals surface area contributed by atoms with Gasteiger partial charge in [-0.1, -0.05) is 25.1 Å². The average Bonchev–Trinajstić information content (AvgIpc) is 3.57. The van der Waals surface area contributed by atoms with Gasteiger partial charge >= 0.3 is 6.09 Å². The molecule has 1 N–H and O–H groups in total. The molecule has 6 rings (SSSR count). The summed E-state index contributed by atoms with van der Waals surface area (Å²) in [6.45, 7) is 4.04. The minimum Gasteiger partial charge on any atom is -0.493 e. The Labute approximate surface area is 273 Å². The number of piperidine rings is 1. The van der Waals surface area contributed by atoms with Gasteiger partial charge in [0.05, 0.1) is 38.2 Å². The second-order valence-corrected chi connectivity index (χ2v) is 11.6. The first-order valence-corrected chi connectivity index (χ1v) is 15.9. The lowest BCUT2D eigenvalue weighted by Crippen LogP contribution is -2.46. The van der Waals surface area contributed by atoms with Crippen LogP contribution in [0.4, 0.5) is 10.5 Å². The number of fused-ring (bicyclic) bond motifs is 2. The van der Waals surface area contributed by atoms with Gasteiger partial charge in [0.15, 0.2) is 18.1 Å². The summed E-state index contributed by atoms with van der Waals surface area (Å²) in [6.07, 6.45) is 0.208. The molecule has 0 aromatic heterocycles. The van der Waals surface area contributed by atoms with E-state index in [0.717, 1.165) is 28.4 Å². The molecule has 3 aromatic carbocycles. The molecule has 0 radical (unpaired) electrons. The fourth-order valence-corrected chi connectivity index (χ4v) is 6.14. The SMILES string of the molecule is CCC(OC)N1C(=O)COc2ccc(COC3CN(C(=O)O)CCC3c3ccc(OCCCOc4ccc5c(c4)OCO5)cc3)cc21. The van der Waals surface area contributed by atoms with Gasteiger partial charge in [0, 0.05) is 32.1 Å². The van der Waals surface area contributed by atoms with Crippen LogP contribution in [0.25, 0.3) is 0 Å². The Bertz CT molecular complexity index is 1540. The lowest BCUT2D eigenvalue weighted by Gasteiger charge is -2.37. The number of rotatable bonds is 13. The lowest BCUT2D eigenvalue weighted by molar-refractivity contribution is -0.124. The Morgan fingerprint density at radius 1 is 0.957 bits per heavy atom. The molecule has 250 valence electrons. The van der Waals surface area contributed by atoms with Gasteiger partial charge in [0.2, 0.25) is 6.79 Å². The molecule has 0 bridgehead atoms. The summed E-state index contributed by atoms with van der Waals surface area (Å²) in [5, 5.41) is 9.71. The van der Waals surface area contributed by atoms with Crippen molar-refractivity contribution in [3.63, 3.8) is 0 Å². The number of nitrogens with zero attached hydrogens (tertiary/aromatic N) is 2. The first kappa shape index (κ1) is 32.3. The summed E-state index contributed by atoms with van der Waals surface area (Å²) >= 11 is 0. The van der Waals surface area contributed by atoms with Crippen molar-refractivity contribution in [1.29, 1.82) is 0 Å². The van der Waals surface area contributed by atoms with E-state index < -0.39 is 12.3 Å². The quantitative estimate of drug-likeness (QED) is 0.240. The van der Waals surface area contributed by atoms with Crippen molar-refractivity contribution in [3.05, 3.63) is 71.8 Å². The highest BCUT2D eigenvalue weighted by Crippen LogP contribution is 2.37. The van der Waals surface area contributed by atoms with Crippen LogP contribution in [0.2, 0.25) is 0 Å². The number of carbonyl (C=O) groups is 2. The molecule has 3 aromatic rings. The maximum Gasteiger partial charge on any atom is 0.407 e. The van der Waals surface area contributed by atoms with Gasteiger partial charge in [-0.3, -0.25) is 9.69 Å². The Balaban J connectivity index is 1.05. The molecule has 3 heterocycles. The largest absolute Gasteiger partial charge is 0.493 e. The van der Waals surface area contributed by atoms with Crippen LogP contribution in [0, 0.1) is 0 Å². The van der Waals surface area contributed by atoms with Gasteiger partial charge in [0.25, 0.3) is 5.91 Å². The lowest BCUT2D eigenvalue weighted by atomic mass is 9.87. The molecule has 3 aliphatic heterocycles. The molecule has 0 saturated carbocycles. The van der Waals surface area contributed by atoms with Gasteiger partial charge in [-0.15, -0.1) is 0 Å². The van der Waals surface area contributed by atoms with Crippen molar-refractivity contribution >= 4 is 17.7 Å². The second-order valence-electron chi connectivity index (χ2n) is 11.6. The van der Waals surface area contributed by atoms with E-state index in [-0.39, 0.29) is 44.5 Å². The van der Waals surface area contributed by atoms with E-state index in [1.54, 1.807) is 12.0 Å². The number of hydrogen-bond donors (Lipinski definition) is 1. The van der Waals surface area contributed by atoms with Crippen LogP contribution >= 0.6 is 0 Å². The van der Waals surface area contributed by atoms with Crippen LogP contribution in [-0.4, -0.2) is 81.2 Å². The smallest absolute Gasteiger partial charge is 0.407 e. The van der Waals surface area contributed by atoms with Crippen LogP contribution in [0.3, 0.4) is 0 Å². The molecule has 3 unspecified atom stereocenters. The maximum absolute atomic E-state index is 12.7.